The predicted molar refractivity (Wildman–Crippen MR) is 88.6 cm³/mol. The molecule has 1 aromatic rings. The summed E-state index contributed by atoms with van der Waals surface area (Å²) >= 11 is 0. The van der Waals surface area contributed by atoms with Crippen LogP contribution in [0.15, 0.2) is 23.4 Å². The highest BCUT2D eigenvalue weighted by Gasteiger charge is 2.63. The highest BCUT2D eigenvalue weighted by atomic mass is 16.6. The topological polar surface area (TPSA) is 62.0 Å². The van der Waals surface area contributed by atoms with Crippen LogP contribution in [-0.2, 0) is 11.3 Å². The molecule has 3 aliphatic rings. The van der Waals surface area contributed by atoms with E-state index < -0.39 is 5.60 Å². The minimum absolute atomic E-state index is 0.265. The lowest BCUT2D eigenvalue weighted by Gasteiger charge is -2.54. The van der Waals surface area contributed by atoms with Gasteiger partial charge in [0.1, 0.15) is 12.9 Å². The Labute approximate surface area is 137 Å². The Morgan fingerprint density at radius 1 is 1.22 bits per heavy atom. The molecular formula is C19H25NO3. The Balaban J connectivity index is 1.75. The lowest BCUT2D eigenvalue weighted by atomic mass is 9.53. The Hall–Kier alpha value is -1.55. The Morgan fingerprint density at radius 2 is 2.04 bits per heavy atom. The average Bonchev–Trinajstić information content (AvgIpc) is 2.80. The molecule has 2 saturated carbocycles. The molecule has 0 heterocycles. The third kappa shape index (κ3) is 1.90. The summed E-state index contributed by atoms with van der Waals surface area (Å²) in [6.07, 6.45) is 5.51. The number of fused-ring (bicyclic) bond motifs is 5. The molecule has 23 heavy (non-hydrogen) atoms. The van der Waals surface area contributed by atoms with Crippen molar-refractivity contribution in [3.05, 3.63) is 29.3 Å². The van der Waals surface area contributed by atoms with Crippen LogP contribution < -0.4 is 0 Å². The summed E-state index contributed by atoms with van der Waals surface area (Å²) in [5, 5.41) is 25.6. The molecule has 4 atom stereocenters. The number of hydrogen-bond donors (Lipinski definition) is 2. The van der Waals surface area contributed by atoms with Gasteiger partial charge in [0.2, 0.25) is 0 Å². The van der Waals surface area contributed by atoms with Gasteiger partial charge in [-0.1, -0.05) is 18.1 Å². The summed E-state index contributed by atoms with van der Waals surface area (Å²) in [6, 6.07) is 5.74. The van der Waals surface area contributed by atoms with Gasteiger partial charge in [0.15, 0.2) is 0 Å². The van der Waals surface area contributed by atoms with Gasteiger partial charge in [-0.05, 0) is 73.6 Å². The third-order valence-electron chi connectivity index (χ3n) is 6.84. The van der Waals surface area contributed by atoms with E-state index in [1.54, 1.807) is 13.2 Å². The lowest BCUT2D eigenvalue weighted by Crippen LogP contribution is -2.56. The number of hydrogen-bond acceptors (Lipinski definition) is 4. The lowest BCUT2D eigenvalue weighted by molar-refractivity contribution is -0.119. The van der Waals surface area contributed by atoms with Crippen LogP contribution in [-0.4, -0.2) is 28.6 Å². The smallest absolute Gasteiger partial charge is 0.115 e. The number of rotatable bonds is 1. The monoisotopic (exact) mass is 315 g/mol. The zero-order valence-corrected chi connectivity index (χ0v) is 13.9. The molecule has 2 fully saturated rings. The molecule has 0 spiro atoms. The minimum atomic E-state index is -0.692. The van der Waals surface area contributed by atoms with Crippen molar-refractivity contribution in [3.63, 3.8) is 0 Å². The van der Waals surface area contributed by atoms with Gasteiger partial charge in [-0.2, -0.15) is 0 Å². The van der Waals surface area contributed by atoms with Gasteiger partial charge in [-0.25, -0.2) is 0 Å². The van der Waals surface area contributed by atoms with Crippen molar-refractivity contribution in [2.45, 2.75) is 57.0 Å². The largest absolute Gasteiger partial charge is 0.508 e. The van der Waals surface area contributed by atoms with E-state index in [1.807, 2.05) is 6.07 Å². The van der Waals surface area contributed by atoms with Crippen LogP contribution in [0.1, 0.15) is 56.1 Å². The molecule has 4 rings (SSSR count). The van der Waals surface area contributed by atoms with E-state index in [9.17, 15) is 10.2 Å². The molecule has 0 saturated heterocycles. The number of phenols is 1. The van der Waals surface area contributed by atoms with E-state index in [1.165, 1.54) is 11.1 Å². The van der Waals surface area contributed by atoms with Crippen molar-refractivity contribution >= 4 is 5.71 Å². The predicted octanol–water partition coefficient (Wildman–Crippen LogP) is 3.37. The molecule has 2 N–H and O–H groups in total. The second-order valence-corrected chi connectivity index (χ2v) is 7.65. The van der Waals surface area contributed by atoms with Crippen LogP contribution in [0.25, 0.3) is 0 Å². The van der Waals surface area contributed by atoms with Crippen molar-refractivity contribution in [1.29, 1.82) is 0 Å². The highest BCUT2D eigenvalue weighted by molar-refractivity contribution is 5.93. The molecule has 4 heteroatoms. The minimum Gasteiger partial charge on any atom is -0.508 e. The van der Waals surface area contributed by atoms with Gasteiger partial charge in [0.25, 0.3) is 0 Å². The molecule has 0 unspecified atom stereocenters. The number of oxime groups is 1. The van der Waals surface area contributed by atoms with Crippen LogP contribution in [0.4, 0.5) is 0 Å². The molecule has 0 bridgehead atoms. The number of aromatic hydroxyl groups is 1. The fourth-order valence-electron chi connectivity index (χ4n) is 5.59. The molecule has 3 aliphatic carbocycles. The molecule has 124 valence electrons. The molecule has 4 nitrogen and oxygen atoms in total. The molecular weight excluding hydrogens is 290 g/mol. The van der Waals surface area contributed by atoms with Crippen molar-refractivity contribution in [2.75, 3.05) is 7.11 Å². The van der Waals surface area contributed by atoms with Crippen LogP contribution in [0, 0.1) is 11.3 Å². The first-order chi connectivity index (χ1) is 11.0. The number of phenolic OH excluding ortho intramolecular Hbond substituents is 1. The molecule has 0 radical (unpaired) electrons. The van der Waals surface area contributed by atoms with Gasteiger partial charge in [0, 0.05) is 5.41 Å². The third-order valence-corrected chi connectivity index (χ3v) is 6.84. The average molecular weight is 315 g/mol. The normalized spacial score (nSPS) is 40.4. The number of aryl methyl sites for hydroxylation is 1. The van der Waals surface area contributed by atoms with E-state index in [0.717, 1.165) is 44.2 Å². The van der Waals surface area contributed by atoms with E-state index in [4.69, 9.17) is 4.84 Å². The number of aliphatic hydroxyl groups is 1. The van der Waals surface area contributed by atoms with Crippen molar-refractivity contribution in [1.82, 2.24) is 0 Å². The maximum Gasteiger partial charge on any atom is 0.115 e. The summed E-state index contributed by atoms with van der Waals surface area (Å²) in [7, 11) is 1.59. The van der Waals surface area contributed by atoms with Gasteiger partial charge >= 0.3 is 0 Å². The van der Waals surface area contributed by atoms with Gasteiger partial charge < -0.3 is 15.1 Å². The van der Waals surface area contributed by atoms with Crippen molar-refractivity contribution in [2.24, 2.45) is 16.5 Å². The van der Waals surface area contributed by atoms with E-state index in [-0.39, 0.29) is 11.3 Å². The van der Waals surface area contributed by atoms with Crippen molar-refractivity contribution in [3.8, 4) is 5.75 Å². The maximum absolute atomic E-state index is 11.7. The Bertz CT molecular complexity index is 671. The zero-order chi connectivity index (χ0) is 16.2. The van der Waals surface area contributed by atoms with Gasteiger partial charge in [0.05, 0.1) is 11.3 Å². The van der Waals surface area contributed by atoms with Gasteiger partial charge in [-0.15, -0.1) is 0 Å². The maximum atomic E-state index is 11.7. The Kier molecular flexibility index (Phi) is 3.24. The number of nitrogens with zero attached hydrogens (tertiary/aromatic N) is 1. The standard InChI is InChI=1S/C19H25NO3/c1-18-9-7-15-14-5-4-13(21)11-12(14)3-6-16(15)19(18,22)10-8-17(18)20-23-2/h4-5,11,15-16,21-22H,3,6-10H2,1-2H3/b20-17+/t15-,16-,18-,19-/m1/s1. The van der Waals surface area contributed by atoms with Crippen LogP contribution >= 0.6 is 0 Å². The summed E-state index contributed by atoms with van der Waals surface area (Å²) in [6.45, 7) is 2.17. The summed E-state index contributed by atoms with van der Waals surface area (Å²) < 4.78 is 0. The second kappa shape index (κ2) is 4.97. The zero-order valence-electron chi connectivity index (χ0n) is 13.9. The fourth-order valence-corrected chi connectivity index (χ4v) is 5.59. The van der Waals surface area contributed by atoms with Crippen LogP contribution in [0.3, 0.4) is 0 Å². The quantitative estimate of drug-likeness (QED) is 0.781. The molecule has 0 aliphatic heterocycles. The first-order valence-corrected chi connectivity index (χ1v) is 8.64. The van der Waals surface area contributed by atoms with E-state index in [2.05, 4.69) is 18.1 Å². The van der Waals surface area contributed by atoms with Crippen LogP contribution in [0.5, 0.6) is 5.75 Å². The SMILES string of the molecule is CO/N=C1\CC[C@@]2(O)[C@@H]3CCc4cc(O)ccc4[C@H]3CC[C@]12C. The molecule has 1 aromatic carbocycles. The summed E-state index contributed by atoms with van der Waals surface area (Å²) in [5.41, 5.74) is 2.65. The van der Waals surface area contributed by atoms with E-state index in [0.29, 0.717) is 11.7 Å². The first kappa shape index (κ1) is 15.0. The van der Waals surface area contributed by atoms with Gasteiger partial charge in [-0.3, -0.25) is 0 Å². The summed E-state index contributed by atoms with van der Waals surface area (Å²) in [4.78, 5) is 5.04. The number of benzene rings is 1. The fraction of sp³-hybridized carbons (Fsp3) is 0.632. The molecule has 0 amide bonds. The first-order valence-electron chi connectivity index (χ1n) is 8.64. The second-order valence-electron chi connectivity index (χ2n) is 7.65. The van der Waals surface area contributed by atoms with E-state index >= 15 is 0 Å². The molecule has 0 aromatic heterocycles. The Morgan fingerprint density at radius 3 is 2.83 bits per heavy atom. The van der Waals surface area contributed by atoms with Crippen molar-refractivity contribution < 1.29 is 15.1 Å². The van der Waals surface area contributed by atoms with Crippen LogP contribution in [0.2, 0.25) is 0 Å². The summed E-state index contributed by atoms with van der Waals surface area (Å²) in [5.74, 6) is 0.999. The highest BCUT2D eigenvalue weighted by Crippen LogP contribution is 2.62.